The largest absolute Gasteiger partial charge is 0.489 e. The summed E-state index contributed by atoms with van der Waals surface area (Å²) in [5.41, 5.74) is 11.6. The SMILES string of the molecule is CCOc1c2nc(c(OCC)c3ccc([nH]3)c3ccc([nH]3)c(OCC)c3nc(c(OCC)c4nc(c(OCC)c5ccc([nH]5)c5ccc([nH]5)c(OCC)c5nc1C=C5)C=C4)C=C3)C=C2. The summed E-state index contributed by atoms with van der Waals surface area (Å²) in [6, 6.07) is 16.0. The summed E-state index contributed by atoms with van der Waals surface area (Å²) in [5.74, 6) is 3.54. The number of hydrogen-bond acceptors (Lipinski definition) is 10. The van der Waals surface area contributed by atoms with Crippen LogP contribution in [0.5, 0.6) is 34.5 Å². The Labute approximate surface area is 369 Å². The number of nitrogens with zero attached hydrogens (tertiary/aromatic N) is 4. The number of aromatic amines is 4. The molecular weight excluding hydrogens is 809 g/mol. The number of aromatic nitrogens is 8. The molecule has 14 nitrogen and oxygen atoms in total. The molecule has 0 saturated heterocycles. The van der Waals surface area contributed by atoms with Crippen LogP contribution in [0.4, 0.5) is 0 Å². The van der Waals surface area contributed by atoms with Crippen molar-refractivity contribution in [1.29, 1.82) is 0 Å². The van der Waals surface area contributed by atoms with Gasteiger partial charge in [0.1, 0.15) is 45.6 Å². The van der Waals surface area contributed by atoms with Crippen molar-refractivity contribution in [2.45, 2.75) is 41.5 Å². The van der Waals surface area contributed by atoms with Crippen LogP contribution in [0.2, 0.25) is 0 Å². The predicted molar refractivity (Wildman–Crippen MR) is 256 cm³/mol. The Bertz CT molecular complexity index is 2750. The maximum absolute atomic E-state index is 6.25. The molecule has 16 bridgehead atoms. The Hall–Kier alpha value is -7.74. The molecule has 0 atom stereocenters. The van der Waals surface area contributed by atoms with Crippen molar-refractivity contribution in [2.24, 2.45) is 0 Å². The van der Waals surface area contributed by atoms with Gasteiger partial charge in [0, 0.05) is 0 Å². The van der Waals surface area contributed by atoms with Gasteiger partial charge in [0.25, 0.3) is 0 Å². The van der Waals surface area contributed by atoms with Crippen LogP contribution in [0.3, 0.4) is 0 Å². The first-order valence-electron chi connectivity index (χ1n) is 21.8. The summed E-state index contributed by atoms with van der Waals surface area (Å²) in [7, 11) is 0. The van der Waals surface area contributed by atoms with E-state index in [2.05, 4.69) is 19.9 Å². The van der Waals surface area contributed by atoms with E-state index in [1.165, 1.54) is 0 Å². The monoisotopic (exact) mass is 858 g/mol. The molecule has 64 heavy (non-hydrogen) atoms. The molecule has 9 heterocycles. The van der Waals surface area contributed by atoms with Crippen LogP contribution in [0, 0.1) is 0 Å². The number of fused-ring (bicyclic) bond motifs is 18. The first kappa shape index (κ1) is 41.6. The third-order valence-corrected chi connectivity index (χ3v) is 10.5. The second-order valence-electron chi connectivity index (χ2n) is 14.6. The summed E-state index contributed by atoms with van der Waals surface area (Å²) in [4.78, 5) is 34.3. The third-order valence-electron chi connectivity index (χ3n) is 10.5. The molecule has 5 aromatic heterocycles. The van der Waals surface area contributed by atoms with E-state index >= 15 is 0 Å². The van der Waals surface area contributed by atoms with Gasteiger partial charge in [-0.1, -0.05) is 0 Å². The zero-order valence-electron chi connectivity index (χ0n) is 36.7. The van der Waals surface area contributed by atoms with Crippen molar-refractivity contribution in [3.63, 3.8) is 0 Å². The maximum Gasteiger partial charge on any atom is 0.170 e. The maximum atomic E-state index is 6.25. The summed E-state index contributed by atoms with van der Waals surface area (Å²) in [6.45, 7) is 14.3. The van der Waals surface area contributed by atoms with Crippen LogP contribution in [0.25, 0.3) is 92.7 Å². The number of hydrogen-bond donors (Lipinski definition) is 4. The van der Waals surface area contributed by atoms with Crippen LogP contribution in [-0.4, -0.2) is 79.5 Å². The lowest BCUT2D eigenvalue weighted by atomic mass is 10.3. The molecule has 0 radical (unpaired) electrons. The fraction of sp³-hybridized carbons (Fsp3) is 0.240. The lowest BCUT2D eigenvalue weighted by molar-refractivity contribution is 0.335. The van der Waals surface area contributed by atoms with E-state index in [0.717, 1.165) is 44.1 Å². The second kappa shape index (κ2) is 18.3. The van der Waals surface area contributed by atoms with E-state index in [1.807, 2.05) is 139 Å². The quantitative estimate of drug-likeness (QED) is 0.0927. The van der Waals surface area contributed by atoms with Crippen molar-refractivity contribution in [1.82, 2.24) is 39.9 Å². The molecule has 0 amide bonds. The fourth-order valence-corrected chi connectivity index (χ4v) is 7.78. The lowest BCUT2D eigenvalue weighted by Gasteiger charge is -2.06. The molecule has 0 spiro atoms. The van der Waals surface area contributed by atoms with Gasteiger partial charge in [0.05, 0.1) is 83.8 Å². The van der Waals surface area contributed by atoms with Crippen LogP contribution in [0.1, 0.15) is 87.1 Å². The highest BCUT2D eigenvalue weighted by Crippen LogP contribution is 2.37. The van der Waals surface area contributed by atoms with E-state index in [1.54, 1.807) is 0 Å². The average molecular weight is 859 g/mol. The average Bonchev–Trinajstić information content (AvgIpc) is 4.16. The molecule has 0 fully saturated rings. The van der Waals surface area contributed by atoms with Crippen molar-refractivity contribution in [3.05, 3.63) is 94.1 Å². The van der Waals surface area contributed by atoms with Gasteiger partial charge in [0.15, 0.2) is 34.5 Å². The minimum Gasteiger partial charge on any atom is -0.489 e. The first-order chi connectivity index (χ1) is 31.4. The minimum absolute atomic E-state index is 0.420. The second-order valence-corrected chi connectivity index (χ2v) is 14.6. The third kappa shape index (κ3) is 8.05. The molecular formula is C50H50N8O6. The molecule has 0 aromatic carbocycles. The predicted octanol–water partition coefficient (Wildman–Crippen LogP) is 11.1. The highest BCUT2D eigenvalue weighted by Gasteiger charge is 2.20. The van der Waals surface area contributed by atoms with Crippen LogP contribution >= 0.6 is 0 Å². The fourth-order valence-electron chi connectivity index (χ4n) is 7.78. The van der Waals surface area contributed by atoms with Crippen molar-refractivity contribution < 1.29 is 28.4 Å². The zero-order valence-corrected chi connectivity index (χ0v) is 36.7. The summed E-state index contributed by atoms with van der Waals surface area (Å²) in [6.07, 6.45) is 15.4. The smallest absolute Gasteiger partial charge is 0.170 e. The molecule has 0 unspecified atom stereocenters. The van der Waals surface area contributed by atoms with Crippen molar-refractivity contribution >= 4 is 92.7 Å². The van der Waals surface area contributed by atoms with E-state index in [4.69, 9.17) is 48.4 Å². The summed E-state index contributed by atoms with van der Waals surface area (Å²) in [5, 5.41) is 0. The van der Waals surface area contributed by atoms with Gasteiger partial charge in [0.2, 0.25) is 0 Å². The van der Waals surface area contributed by atoms with Gasteiger partial charge in [-0.15, -0.1) is 0 Å². The normalized spacial score (nSPS) is 12.3. The number of H-pyrrole nitrogens is 4. The van der Waals surface area contributed by atoms with E-state index < -0.39 is 0 Å². The standard InChI is InChI=1S/C50H50N8O6/c1-7-59-45-33-17-13-29(51-33)30-14-18-34(52-30)46(60-8-2)39-23-27-43(57-39)50(64-12-6)44-28-24-40(58-44)48(62-10-4)36-20-16-32(54-36)31-15-19-35(53-31)47(61-9-3)38-22-26-42(56-38)49(63-11-5)41-25-21-37(45)55-41/h13-28,51-54H,7-12H2,1-6H3. The summed E-state index contributed by atoms with van der Waals surface area (Å²) >= 11 is 0. The topological polar surface area (TPSA) is 170 Å². The Morgan fingerprint density at radius 1 is 0.266 bits per heavy atom. The molecule has 0 aliphatic carbocycles. The Morgan fingerprint density at radius 3 is 0.641 bits per heavy atom. The van der Waals surface area contributed by atoms with Crippen LogP contribution in [-0.2, 0) is 0 Å². The van der Waals surface area contributed by atoms with Gasteiger partial charge in [-0.3, -0.25) is 0 Å². The number of nitrogens with one attached hydrogen (secondary N) is 4. The van der Waals surface area contributed by atoms with E-state index in [0.29, 0.717) is 120 Å². The lowest BCUT2D eigenvalue weighted by Crippen LogP contribution is -1.98. The minimum atomic E-state index is 0.420. The van der Waals surface area contributed by atoms with Crippen molar-refractivity contribution in [2.75, 3.05) is 39.6 Å². The first-order valence-corrected chi connectivity index (χ1v) is 21.8. The van der Waals surface area contributed by atoms with Gasteiger partial charge in [-0.05, 0) is 139 Å². The van der Waals surface area contributed by atoms with Gasteiger partial charge < -0.3 is 48.4 Å². The number of ether oxygens (including phenoxy) is 6. The van der Waals surface area contributed by atoms with Crippen molar-refractivity contribution in [3.8, 4) is 34.5 Å². The molecule has 9 rings (SSSR count). The Morgan fingerprint density at radius 2 is 0.438 bits per heavy atom. The van der Waals surface area contributed by atoms with Crippen LogP contribution < -0.4 is 28.4 Å². The molecule has 4 aliphatic heterocycles. The molecule has 5 aromatic rings. The van der Waals surface area contributed by atoms with Gasteiger partial charge in [-0.2, -0.15) is 0 Å². The molecule has 4 aliphatic rings. The Kier molecular flexibility index (Phi) is 11.9. The molecule has 0 saturated carbocycles. The molecule has 326 valence electrons. The molecule has 14 heteroatoms. The Balaban J connectivity index is 1.34. The van der Waals surface area contributed by atoms with Gasteiger partial charge >= 0.3 is 0 Å². The van der Waals surface area contributed by atoms with Gasteiger partial charge in [-0.25, -0.2) is 19.9 Å². The highest BCUT2D eigenvalue weighted by molar-refractivity contribution is 5.90. The summed E-state index contributed by atoms with van der Waals surface area (Å²) < 4.78 is 37.5. The van der Waals surface area contributed by atoms with Crippen LogP contribution in [0.15, 0.2) is 48.5 Å². The van der Waals surface area contributed by atoms with E-state index in [9.17, 15) is 0 Å². The highest BCUT2D eigenvalue weighted by atomic mass is 16.5. The van der Waals surface area contributed by atoms with E-state index in [-0.39, 0.29) is 0 Å². The molecule has 4 N–H and O–H groups in total. The number of rotatable bonds is 12. The zero-order chi connectivity index (χ0) is 44.2.